The summed E-state index contributed by atoms with van der Waals surface area (Å²) in [5.41, 5.74) is 2.56. The number of aliphatic hydroxyl groups is 1. The van der Waals surface area contributed by atoms with Crippen molar-refractivity contribution in [3.8, 4) is 5.75 Å². The maximum absolute atomic E-state index is 13.4. The summed E-state index contributed by atoms with van der Waals surface area (Å²) in [4.78, 5) is 33.3. The van der Waals surface area contributed by atoms with Crippen molar-refractivity contribution in [1.82, 2.24) is 4.98 Å². The normalized spacial score (nSPS) is 16.1. The summed E-state index contributed by atoms with van der Waals surface area (Å²) in [6, 6.07) is 15.8. The Morgan fingerprint density at radius 1 is 1.18 bits per heavy atom. The fourth-order valence-electron chi connectivity index (χ4n) is 4.04. The lowest BCUT2D eigenvalue weighted by Crippen LogP contribution is -2.31. The number of aryl methyl sites for hydroxylation is 1. The third-order valence-corrected chi connectivity index (χ3v) is 7.57. The minimum atomic E-state index is -0.866. The molecule has 1 atom stereocenters. The van der Waals surface area contributed by atoms with Crippen LogP contribution in [0.1, 0.15) is 33.8 Å². The highest BCUT2D eigenvalue weighted by molar-refractivity contribution is 7.22. The molecule has 5 rings (SSSR count). The Hall–Kier alpha value is -3.49. The number of thiophene rings is 1. The first-order valence-electron chi connectivity index (χ1n) is 10.4. The van der Waals surface area contributed by atoms with E-state index in [1.807, 2.05) is 24.3 Å². The predicted molar refractivity (Wildman–Crippen MR) is 131 cm³/mol. The minimum Gasteiger partial charge on any atom is -0.503 e. The van der Waals surface area contributed by atoms with Gasteiger partial charge in [0.1, 0.15) is 11.8 Å². The van der Waals surface area contributed by atoms with E-state index in [-0.39, 0.29) is 11.4 Å². The van der Waals surface area contributed by atoms with Crippen LogP contribution < -0.4 is 9.64 Å². The number of methoxy groups -OCH3 is 1. The molecule has 6 nitrogen and oxygen atoms in total. The summed E-state index contributed by atoms with van der Waals surface area (Å²) >= 11 is 2.62. The van der Waals surface area contributed by atoms with Crippen LogP contribution in [-0.4, -0.2) is 28.9 Å². The lowest BCUT2D eigenvalue weighted by molar-refractivity contribution is -0.117. The fourth-order valence-corrected chi connectivity index (χ4v) is 5.78. The number of fused-ring (bicyclic) bond motifs is 1. The fraction of sp³-hybridized carbons (Fsp3) is 0.160. The molecule has 2 aromatic heterocycles. The third-order valence-electron chi connectivity index (χ3n) is 5.69. The first kappa shape index (κ1) is 21.4. The highest BCUT2D eigenvalue weighted by Crippen LogP contribution is 2.46. The van der Waals surface area contributed by atoms with Crippen molar-refractivity contribution in [2.24, 2.45) is 0 Å². The highest BCUT2D eigenvalue weighted by atomic mass is 32.1. The second-order valence-electron chi connectivity index (χ2n) is 7.54. The van der Waals surface area contributed by atoms with Crippen LogP contribution >= 0.6 is 22.7 Å². The van der Waals surface area contributed by atoms with E-state index in [0.29, 0.717) is 21.3 Å². The number of carbonyl (C=O) groups is 2. The molecule has 2 aromatic carbocycles. The van der Waals surface area contributed by atoms with Gasteiger partial charge in [-0.05, 0) is 41.6 Å². The van der Waals surface area contributed by atoms with E-state index in [1.54, 1.807) is 29.6 Å². The van der Waals surface area contributed by atoms with Crippen LogP contribution in [0.4, 0.5) is 5.13 Å². The molecule has 8 heteroatoms. The Bertz CT molecular complexity index is 1410. The lowest BCUT2D eigenvalue weighted by atomic mass is 9.95. The van der Waals surface area contributed by atoms with Crippen LogP contribution in [0.3, 0.4) is 0 Å². The summed E-state index contributed by atoms with van der Waals surface area (Å²) < 4.78 is 6.49. The molecule has 4 aromatic rings. The standard InChI is InChI=1S/C25H20N2O4S2/c1-3-14-10-11-16-19(13-14)33-25(26-16)27-21(15-7-4-5-8-17(15)31-2)20(23(29)24(27)30)22(28)18-9-6-12-32-18/h4-13,21,29H,3H2,1-2H3/t21-/m1/s1. The number of carbonyl (C=O) groups excluding carboxylic acids is 2. The first-order valence-corrected chi connectivity index (χ1v) is 12.1. The van der Waals surface area contributed by atoms with E-state index in [2.05, 4.69) is 18.0 Å². The minimum absolute atomic E-state index is 0.0282. The van der Waals surface area contributed by atoms with Crippen LogP contribution in [0.2, 0.25) is 0 Å². The van der Waals surface area contributed by atoms with E-state index in [0.717, 1.165) is 16.6 Å². The van der Waals surface area contributed by atoms with Crippen LogP contribution in [0.25, 0.3) is 10.2 Å². The molecule has 1 aliphatic rings. The van der Waals surface area contributed by atoms with Crippen LogP contribution in [-0.2, 0) is 11.2 Å². The zero-order valence-electron chi connectivity index (χ0n) is 17.9. The molecule has 33 heavy (non-hydrogen) atoms. The number of aliphatic hydroxyl groups excluding tert-OH is 1. The van der Waals surface area contributed by atoms with E-state index < -0.39 is 17.7 Å². The van der Waals surface area contributed by atoms with Gasteiger partial charge in [-0.25, -0.2) is 4.98 Å². The van der Waals surface area contributed by atoms with Gasteiger partial charge in [-0.15, -0.1) is 11.3 Å². The number of nitrogens with zero attached hydrogens (tertiary/aromatic N) is 2. The molecule has 1 aliphatic heterocycles. The first-order chi connectivity index (χ1) is 16.0. The zero-order valence-corrected chi connectivity index (χ0v) is 19.6. The van der Waals surface area contributed by atoms with Gasteiger partial charge in [0.2, 0.25) is 5.78 Å². The number of amides is 1. The largest absolute Gasteiger partial charge is 0.503 e. The maximum atomic E-state index is 13.4. The number of hydrogen-bond acceptors (Lipinski definition) is 7. The van der Waals surface area contributed by atoms with Gasteiger partial charge >= 0.3 is 0 Å². The number of anilines is 1. The molecule has 0 bridgehead atoms. The van der Waals surface area contributed by atoms with Crippen LogP contribution in [0, 0.1) is 0 Å². The summed E-state index contributed by atoms with van der Waals surface area (Å²) in [7, 11) is 1.54. The number of aromatic nitrogens is 1. The molecular formula is C25H20N2O4S2. The van der Waals surface area contributed by atoms with E-state index in [1.165, 1.54) is 40.2 Å². The Kier molecular flexibility index (Phi) is 5.47. The molecule has 0 unspecified atom stereocenters. The number of ether oxygens (including phenoxy) is 1. The Balaban J connectivity index is 1.70. The van der Waals surface area contributed by atoms with Gasteiger partial charge in [-0.2, -0.15) is 0 Å². The number of rotatable bonds is 6. The molecule has 1 amide bonds. The Morgan fingerprint density at radius 2 is 2.00 bits per heavy atom. The van der Waals surface area contributed by atoms with Crippen molar-refractivity contribution in [3.63, 3.8) is 0 Å². The van der Waals surface area contributed by atoms with Gasteiger partial charge in [0.25, 0.3) is 5.91 Å². The smallest absolute Gasteiger partial charge is 0.296 e. The van der Waals surface area contributed by atoms with Gasteiger partial charge < -0.3 is 9.84 Å². The summed E-state index contributed by atoms with van der Waals surface area (Å²) in [5.74, 6) is -1.08. The highest BCUT2D eigenvalue weighted by Gasteiger charge is 2.47. The van der Waals surface area contributed by atoms with Gasteiger partial charge in [-0.3, -0.25) is 14.5 Å². The molecule has 0 saturated heterocycles. The van der Waals surface area contributed by atoms with Crippen molar-refractivity contribution in [1.29, 1.82) is 0 Å². The van der Waals surface area contributed by atoms with E-state index >= 15 is 0 Å². The monoisotopic (exact) mass is 476 g/mol. The maximum Gasteiger partial charge on any atom is 0.296 e. The SMILES string of the molecule is CCc1ccc2nc(N3C(=O)C(O)=C(C(=O)c4cccs4)[C@H]3c3ccccc3OC)sc2c1. The third kappa shape index (κ3) is 3.51. The number of para-hydroxylation sites is 1. The average Bonchev–Trinajstić information content (AvgIpc) is 3.57. The van der Waals surface area contributed by atoms with Gasteiger partial charge in [0.15, 0.2) is 10.9 Å². The second-order valence-corrected chi connectivity index (χ2v) is 9.50. The quantitative estimate of drug-likeness (QED) is 0.361. The number of ketones is 1. The van der Waals surface area contributed by atoms with Gasteiger partial charge in [-0.1, -0.05) is 48.6 Å². The van der Waals surface area contributed by atoms with Crippen molar-refractivity contribution in [2.75, 3.05) is 12.0 Å². The summed E-state index contributed by atoms with van der Waals surface area (Å²) in [6.07, 6.45) is 0.886. The number of Topliss-reactive ketones (excluding diaryl/α,β-unsaturated/α-hetero) is 1. The van der Waals surface area contributed by atoms with Crippen molar-refractivity contribution >= 4 is 49.7 Å². The zero-order chi connectivity index (χ0) is 23.1. The Morgan fingerprint density at radius 3 is 2.73 bits per heavy atom. The second kappa shape index (κ2) is 8.46. The van der Waals surface area contributed by atoms with Gasteiger partial charge in [0, 0.05) is 5.56 Å². The number of hydrogen-bond donors (Lipinski definition) is 1. The average molecular weight is 477 g/mol. The van der Waals surface area contributed by atoms with Crippen molar-refractivity contribution < 1.29 is 19.4 Å². The molecule has 1 N–H and O–H groups in total. The van der Waals surface area contributed by atoms with Crippen molar-refractivity contribution in [2.45, 2.75) is 19.4 Å². The number of thiazole rings is 1. The summed E-state index contributed by atoms with van der Waals surface area (Å²) in [5, 5.41) is 13.1. The molecule has 0 fully saturated rings. The molecule has 0 radical (unpaired) electrons. The number of benzene rings is 2. The molecule has 0 aliphatic carbocycles. The topological polar surface area (TPSA) is 79.7 Å². The summed E-state index contributed by atoms with van der Waals surface area (Å²) in [6.45, 7) is 2.08. The molecule has 166 valence electrons. The van der Waals surface area contributed by atoms with E-state index in [9.17, 15) is 14.7 Å². The van der Waals surface area contributed by atoms with Crippen LogP contribution in [0.15, 0.2) is 71.3 Å². The van der Waals surface area contributed by atoms with Crippen molar-refractivity contribution in [3.05, 3.63) is 87.3 Å². The lowest BCUT2D eigenvalue weighted by Gasteiger charge is -2.25. The molecular weight excluding hydrogens is 456 g/mol. The van der Waals surface area contributed by atoms with E-state index in [4.69, 9.17) is 4.74 Å². The molecule has 3 heterocycles. The predicted octanol–water partition coefficient (Wildman–Crippen LogP) is 5.71. The van der Waals surface area contributed by atoms with Gasteiger partial charge in [0.05, 0.1) is 27.8 Å². The Labute approximate surface area is 198 Å². The molecule has 0 saturated carbocycles. The van der Waals surface area contributed by atoms with Crippen LogP contribution in [0.5, 0.6) is 5.75 Å². The molecule has 0 spiro atoms.